The fourth-order valence-corrected chi connectivity index (χ4v) is 3.24. The van der Waals surface area contributed by atoms with Gasteiger partial charge in [0, 0.05) is 37.6 Å². The molecule has 17 heavy (non-hydrogen) atoms. The molecule has 3 heteroatoms. The van der Waals surface area contributed by atoms with E-state index in [1.54, 1.807) is 0 Å². The molecule has 1 saturated carbocycles. The van der Waals surface area contributed by atoms with Gasteiger partial charge >= 0.3 is 0 Å². The maximum Gasteiger partial charge on any atom is 0.0303 e. The van der Waals surface area contributed by atoms with Crippen molar-refractivity contribution in [1.82, 2.24) is 9.88 Å². The molecule has 2 N–H and O–H groups in total. The van der Waals surface area contributed by atoms with Crippen LogP contribution in [0, 0.1) is 0 Å². The molecule has 0 radical (unpaired) electrons. The van der Waals surface area contributed by atoms with Crippen LogP contribution in [0.25, 0.3) is 0 Å². The van der Waals surface area contributed by atoms with E-state index in [9.17, 15) is 0 Å². The van der Waals surface area contributed by atoms with Crippen molar-refractivity contribution in [3.63, 3.8) is 0 Å². The standard InChI is InChI=1S/C14H21N3/c15-13-2-1-3-14(8-13)17-7-5-11-9-16-6-4-12(11)10-17/h4,6,9,13-14H,1-3,5,7-8,10,15H2. The summed E-state index contributed by atoms with van der Waals surface area (Å²) in [5.74, 6) is 0. The number of aromatic nitrogens is 1. The van der Waals surface area contributed by atoms with Crippen LogP contribution in [-0.2, 0) is 13.0 Å². The first-order valence-electron chi connectivity index (χ1n) is 6.74. The van der Waals surface area contributed by atoms with Crippen molar-refractivity contribution >= 4 is 0 Å². The molecule has 92 valence electrons. The van der Waals surface area contributed by atoms with Gasteiger partial charge in [-0.2, -0.15) is 0 Å². The van der Waals surface area contributed by atoms with Gasteiger partial charge in [0.25, 0.3) is 0 Å². The van der Waals surface area contributed by atoms with Gasteiger partial charge < -0.3 is 5.73 Å². The third kappa shape index (κ3) is 2.35. The highest BCUT2D eigenvalue weighted by Crippen LogP contribution is 2.27. The van der Waals surface area contributed by atoms with E-state index in [0.717, 1.165) is 13.0 Å². The molecule has 0 aromatic carbocycles. The van der Waals surface area contributed by atoms with Gasteiger partial charge in [0.1, 0.15) is 0 Å². The lowest BCUT2D eigenvalue weighted by Gasteiger charge is -2.39. The van der Waals surface area contributed by atoms with E-state index >= 15 is 0 Å². The molecular weight excluding hydrogens is 210 g/mol. The summed E-state index contributed by atoms with van der Waals surface area (Å²) in [6.45, 7) is 2.27. The Balaban J connectivity index is 1.71. The summed E-state index contributed by atoms with van der Waals surface area (Å²) in [6.07, 6.45) is 10.1. The van der Waals surface area contributed by atoms with Crippen LogP contribution < -0.4 is 5.73 Å². The molecule has 1 aromatic heterocycles. The molecule has 2 heterocycles. The molecule has 2 unspecified atom stereocenters. The molecule has 1 fully saturated rings. The maximum absolute atomic E-state index is 6.09. The Kier molecular flexibility index (Phi) is 3.12. The van der Waals surface area contributed by atoms with Crippen LogP contribution >= 0.6 is 0 Å². The van der Waals surface area contributed by atoms with Crippen LogP contribution in [0.1, 0.15) is 36.8 Å². The highest BCUT2D eigenvalue weighted by molar-refractivity contribution is 5.25. The first-order chi connectivity index (χ1) is 8.33. The van der Waals surface area contributed by atoms with Crippen LogP contribution in [0.3, 0.4) is 0 Å². The predicted molar refractivity (Wildman–Crippen MR) is 68.6 cm³/mol. The van der Waals surface area contributed by atoms with Crippen molar-refractivity contribution < 1.29 is 0 Å². The van der Waals surface area contributed by atoms with Crippen molar-refractivity contribution in [3.05, 3.63) is 29.6 Å². The Hall–Kier alpha value is -0.930. The zero-order valence-corrected chi connectivity index (χ0v) is 10.3. The molecule has 1 aliphatic heterocycles. The molecular formula is C14H21N3. The van der Waals surface area contributed by atoms with Crippen LogP contribution in [0.5, 0.6) is 0 Å². The fourth-order valence-electron chi connectivity index (χ4n) is 3.24. The minimum Gasteiger partial charge on any atom is -0.328 e. The number of fused-ring (bicyclic) bond motifs is 1. The maximum atomic E-state index is 6.09. The molecule has 3 rings (SSSR count). The van der Waals surface area contributed by atoms with E-state index in [2.05, 4.69) is 16.0 Å². The summed E-state index contributed by atoms with van der Waals surface area (Å²) in [4.78, 5) is 6.84. The van der Waals surface area contributed by atoms with E-state index in [1.807, 2.05) is 12.4 Å². The molecule has 0 spiro atoms. The van der Waals surface area contributed by atoms with Crippen LogP contribution in [0.4, 0.5) is 0 Å². The molecule has 1 aromatic rings. The highest BCUT2D eigenvalue weighted by Gasteiger charge is 2.27. The summed E-state index contributed by atoms with van der Waals surface area (Å²) < 4.78 is 0. The molecule has 2 atom stereocenters. The average Bonchev–Trinajstić information content (AvgIpc) is 2.38. The third-order valence-electron chi connectivity index (χ3n) is 4.25. The van der Waals surface area contributed by atoms with Crippen molar-refractivity contribution in [1.29, 1.82) is 0 Å². The summed E-state index contributed by atoms with van der Waals surface area (Å²) >= 11 is 0. The molecule has 2 aliphatic rings. The lowest BCUT2D eigenvalue weighted by Crippen LogP contribution is -2.44. The third-order valence-corrected chi connectivity index (χ3v) is 4.25. The van der Waals surface area contributed by atoms with Crippen molar-refractivity contribution in [2.24, 2.45) is 5.73 Å². The quantitative estimate of drug-likeness (QED) is 0.800. The lowest BCUT2D eigenvalue weighted by atomic mass is 9.89. The van der Waals surface area contributed by atoms with Gasteiger partial charge in [-0.3, -0.25) is 9.88 Å². The zero-order chi connectivity index (χ0) is 11.7. The van der Waals surface area contributed by atoms with Crippen LogP contribution in [-0.4, -0.2) is 28.5 Å². The fraction of sp³-hybridized carbons (Fsp3) is 0.643. The van der Waals surface area contributed by atoms with E-state index in [0.29, 0.717) is 12.1 Å². The van der Waals surface area contributed by atoms with E-state index in [1.165, 1.54) is 43.4 Å². The highest BCUT2D eigenvalue weighted by atomic mass is 15.2. The van der Waals surface area contributed by atoms with Crippen LogP contribution in [0.2, 0.25) is 0 Å². The second-order valence-corrected chi connectivity index (χ2v) is 5.45. The van der Waals surface area contributed by atoms with Gasteiger partial charge in [-0.25, -0.2) is 0 Å². The summed E-state index contributed by atoms with van der Waals surface area (Å²) in [5.41, 5.74) is 8.99. The zero-order valence-electron chi connectivity index (χ0n) is 10.3. The number of pyridine rings is 1. The van der Waals surface area contributed by atoms with Gasteiger partial charge in [0.2, 0.25) is 0 Å². The minimum atomic E-state index is 0.424. The number of hydrogen-bond donors (Lipinski definition) is 1. The van der Waals surface area contributed by atoms with Gasteiger partial charge in [0.15, 0.2) is 0 Å². The first-order valence-corrected chi connectivity index (χ1v) is 6.74. The SMILES string of the molecule is NC1CCCC(N2CCc3cnccc3C2)C1. The summed E-state index contributed by atoms with van der Waals surface area (Å²) in [6, 6.07) is 3.30. The van der Waals surface area contributed by atoms with E-state index in [-0.39, 0.29) is 0 Å². The van der Waals surface area contributed by atoms with Gasteiger partial charge in [0.05, 0.1) is 0 Å². The molecule has 3 nitrogen and oxygen atoms in total. The molecule has 1 aliphatic carbocycles. The Morgan fingerprint density at radius 3 is 3.12 bits per heavy atom. The lowest BCUT2D eigenvalue weighted by molar-refractivity contribution is 0.133. The first kappa shape index (κ1) is 11.2. The second kappa shape index (κ2) is 4.75. The second-order valence-electron chi connectivity index (χ2n) is 5.45. The topological polar surface area (TPSA) is 42.1 Å². The number of nitrogens with two attached hydrogens (primary N) is 1. The smallest absolute Gasteiger partial charge is 0.0303 e. The normalized spacial score (nSPS) is 29.9. The monoisotopic (exact) mass is 231 g/mol. The summed E-state index contributed by atoms with van der Waals surface area (Å²) in [5, 5.41) is 0. The van der Waals surface area contributed by atoms with Crippen LogP contribution in [0.15, 0.2) is 18.5 Å². The number of rotatable bonds is 1. The Labute approximate surface area is 103 Å². The van der Waals surface area contributed by atoms with E-state index in [4.69, 9.17) is 5.73 Å². The molecule has 0 saturated heterocycles. The predicted octanol–water partition coefficient (Wildman–Crippen LogP) is 1.71. The Morgan fingerprint density at radius 1 is 1.29 bits per heavy atom. The molecule has 0 amide bonds. The largest absolute Gasteiger partial charge is 0.328 e. The van der Waals surface area contributed by atoms with Gasteiger partial charge in [-0.05, 0) is 42.9 Å². The van der Waals surface area contributed by atoms with Crippen molar-refractivity contribution in [3.8, 4) is 0 Å². The van der Waals surface area contributed by atoms with E-state index < -0.39 is 0 Å². The van der Waals surface area contributed by atoms with Gasteiger partial charge in [-0.1, -0.05) is 6.42 Å². The van der Waals surface area contributed by atoms with Crippen molar-refractivity contribution in [2.45, 2.75) is 50.7 Å². The summed E-state index contributed by atoms with van der Waals surface area (Å²) in [7, 11) is 0. The number of hydrogen-bond acceptors (Lipinski definition) is 3. The Bertz CT molecular complexity index is 391. The average molecular weight is 231 g/mol. The van der Waals surface area contributed by atoms with Gasteiger partial charge in [-0.15, -0.1) is 0 Å². The van der Waals surface area contributed by atoms with Crippen molar-refractivity contribution in [2.75, 3.05) is 6.54 Å². The molecule has 0 bridgehead atoms. The number of nitrogens with zero attached hydrogens (tertiary/aromatic N) is 2. The Morgan fingerprint density at radius 2 is 2.24 bits per heavy atom. The minimum absolute atomic E-state index is 0.424.